The van der Waals surface area contributed by atoms with Crippen molar-refractivity contribution in [2.75, 3.05) is 0 Å². The summed E-state index contributed by atoms with van der Waals surface area (Å²) < 4.78 is 0. The van der Waals surface area contributed by atoms with Crippen LogP contribution in [0.1, 0.15) is 31.7 Å². The molecule has 2 nitrogen and oxygen atoms in total. The first-order chi connectivity index (χ1) is 9.20. The van der Waals surface area contributed by atoms with Crippen molar-refractivity contribution in [2.45, 2.75) is 38.6 Å². The molecule has 0 spiro atoms. The molecule has 0 aromatic heterocycles. The van der Waals surface area contributed by atoms with Gasteiger partial charge in [0, 0.05) is 6.42 Å². The molecule has 1 unspecified atom stereocenters. The van der Waals surface area contributed by atoms with Crippen LogP contribution in [-0.4, -0.2) is 11.8 Å². The van der Waals surface area contributed by atoms with E-state index >= 15 is 0 Å². The Morgan fingerprint density at radius 1 is 1.16 bits per heavy atom. The van der Waals surface area contributed by atoms with E-state index in [1.54, 1.807) is 0 Å². The Balaban J connectivity index is 2.06. The molecule has 0 aliphatic heterocycles. The quantitative estimate of drug-likeness (QED) is 0.859. The smallest absolute Gasteiger partial charge is 0.149 e. The fourth-order valence-electron chi connectivity index (χ4n) is 2.27. The van der Waals surface area contributed by atoms with Gasteiger partial charge in [0.15, 0.2) is 0 Å². The van der Waals surface area contributed by atoms with Crippen LogP contribution in [0.25, 0.3) is 10.8 Å². The average molecular weight is 255 g/mol. The SMILES string of the molecule is CCCCC(=O)C(N)Cc1ccc2ccccc2c1. The summed E-state index contributed by atoms with van der Waals surface area (Å²) in [5.41, 5.74) is 7.12. The Bertz CT molecular complexity index is 562. The highest BCUT2D eigenvalue weighted by Gasteiger charge is 2.13. The summed E-state index contributed by atoms with van der Waals surface area (Å²) in [6, 6.07) is 14.1. The van der Waals surface area contributed by atoms with Gasteiger partial charge in [-0.3, -0.25) is 4.79 Å². The van der Waals surface area contributed by atoms with E-state index in [-0.39, 0.29) is 11.8 Å². The van der Waals surface area contributed by atoms with Crippen LogP contribution in [0.3, 0.4) is 0 Å². The molecule has 2 rings (SSSR count). The summed E-state index contributed by atoms with van der Waals surface area (Å²) in [4.78, 5) is 11.8. The van der Waals surface area contributed by atoms with E-state index in [1.807, 2.05) is 12.1 Å². The molecular formula is C17H21NO. The Morgan fingerprint density at radius 3 is 2.63 bits per heavy atom. The van der Waals surface area contributed by atoms with Crippen molar-refractivity contribution < 1.29 is 4.79 Å². The van der Waals surface area contributed by atoms with Crippen molar-refractivity contribution in [3.8, 4) is 0 Å². The first kappa shape index (κ1) is 13.8. The maximum absolute atomic E-state index is 11.8. The van der Waals surface area contributed by atoms with Gasteiger partial charge in [-0.2, -0.15) is 0 Å². The van der Waals surface area contributed by atoms with Crippen molar-refractivity contribution in [1.82, 2.24) is 0 Å². The molecule has 0 aliphatic rings. The first-order valence-corrected chi connectivity index (χ1v) is 6.96. The number of ketones is 1. The van der Waals surface area contributed by atoms with Gasteiger partial charge in [-0.05, 0) is 29.2 Å². The van der Waals surface area contributed by atoms with Gasteiger partial charge in [0.2, 0.25) is 0 Å². The summed E-state index contributed by atoms with van der Waals surface area (Å²) in [6.45, 7) is 2.09. The lowest BCUT2D eigenvalue weighted by Crippen LogP contribution is -2.32. The van der Waals surface area contributed by atoms with Crippen LogP contribution < -0.4 is 5.73 Å². The molecule has 0 radical (unpaired) electrons. The van der Waals surface area contributed by atoms with E-state index in [9.17, 15) is 4.79 Å². The van der Waals surface area contributed by atoms with E-state index in [4.69, 9.17) is 5.73 Å². The van der Waals surface area contributed by atoms with E-state index in [0.29, 0.717) is 12.8 Å². The average Bonchev–Trinajstić information content (AvgIpc) is 2.44. The number of carbonyl (C=O) groups is 1. The van der Waals surface area contributed by atoms with Gasteiger partial charge in [-0.25, -0.2) is 0 Å². The molecule has 2 aromatic rings. The van der Waals surface area contributed by atoms with Gasteiger partial charge >= 0.3 is 0 Å². The molecule has 2 aromatic carbocycles. The van der Waals surface area contributed by atoms with Gasteiger partial charge in [0.1, 0.15) is 5.78 Å². The number of nitrogens with two attached hydrogens (primary N) is 1. The second-order valence-corrected chi connectivity index (χ2v) is 5.06. The normalized spacial score (nSPS) is 12.5. The van der Waals surface area contributed by atoms with Gasteiger partial charge in [0.25, 0.3) is 0 Å². The molecule has 19 heavy (non-hydrogen) atoms. The number of unbranched alkanes of at least 4 members (excludes halogenated alkanes) is 1. The minimum atomic E-state index is -0.368. The van der Waals surface area contributed by atoms with Gasteiger partial charge in [-0.1, -0.05) is 55.8 Å². The second-order valence-electron chi connectivity index (χ2n) is 5.06. The summed E-state index contributed by atoms with van der Waals surface area (Å²) in [5, 5.41) is 2.42. The molecule has 0 fully saturated rings. The third-order valence-electron chi connectivity index (χ3n) is 3.46. The van der Waals surface area contributed by atoms with Crippen LogP contribution in [0.2, 0.25) is 0 Å². The highest BCUT2D eigenvalue weighted by molar-refractivity contribution is 5.85. The molecule has 2 N–H and O–H groups in total. The minimum absolute atomic E-state index is 0.176. The van der Waals surface area contributed by atoms with Gasteiger partial charge in [-0.15, -0.1) is 0 Å². The highest BCUT2D eigenvalue weighted by Crippen LogP contribution is 2.16. The molecule has 0 saturated carbocycles. The van der Waals surface area contributed by atoms with Gasteiger partial charge < -0.3 is 5.73 Å². The van der Waals surface area contributed by atoms with Crippen LogP contribution in [0, 0.1) is 0 Å². The zero-order valence-electron chi connectivity index (χ0n) is 11.4. The molecule has 0 heterocycles. The molecule has 0 aliphatic carbocycles. The van der Waals surface area contributed by atoms with Crippen LogP contribution in [0.5, 0.6) is 0 Å². The van der Waals surface area contributed by atoms with E-state index in [2.05, 4.69) is 37.3 Å². The van der Waals surface area contributed by atoms with E-state index < -0.39 is 0 Å². The second kappa shape index (κ2) is 6.48. The van der Waals surface area contributed by atoms with Crippen molar-refractivity contribution in [2.24, 2.45) is 5.73 Å². The number of rotatable bonds is 6. The summed E-state index contributed by atoms with van der Waals surface area (Å²) in [6.07, 6.45) is 3.21. The van der Waals surface area contributed by atoms with Crippen LogP contribution in [-0.2, 0) is 11.2 Å². The first-order valence-electron chi connectivity index (χ1n) is 6.96. The highest BCUT2D eigenvalue weighted by atomic mass is 16.1. The molecular weight excluding hydrogens is 234 g/mol. The Labute approximate surface area is 114 Å². The number of hydrogen-bond donors (Lipinski definition) is 1. The Hall–Kier alpha value is -1.67. The zero-order valence-corrected chi connectivity index (χ0v) is 11.4. The summed E-state index contributed by atoms with van der Waals surface area (Å²) in [5.74, 6) is 0.176. The Morgan fingerprint density at radius 2 is 1.89 bits per heavy atom. The molecule has 0 saturated heterocycles. The lowest BCUT2D eigenvalue weighted by atomic mass is 9.98. The zero-order chi connectivity index (χ0) is 13.7. The van der Waals surface area contributed by atoms with Crippen LogP contribution >= 0.6 is 0 Å². The number of benzene rings is 2. The standard InChI is InChI=1S/C17H21NO/c1-2-3-8-17(19)16(18)12-13-9-10-14-6-4-5-7-15(14)11-13/h4-7,9-11,16H,2-3,8,12,18H2,1H3. The van der Waals surface area contributed by atoms with Crippen molar-refractivity contribution in [1.29, 1.82) is 0 Å². The molecule has 0 bridgehead atoms. The van der Waals surface area contributed by atoms with Gasteiger partial charge in [0.05, 0.1) is 6.04 Å². The van der Waals surface area contributed by atoms with Crippen molar-refractivity contribution in [3.05, 3.63) is 48.0 Å². The van der Waals surface area contributed by atoms with Crippen molar-refractivity contribution >= 4 is 16.6 Å². The van der Waals surface area contributed by atoms with Crippen LogP contribution in [0.4, 0.5) is 0 Å². The monoisotopic (exact) mass is 255 g/mol. The predicted molar refractivity (Wildman–Crippen MR) is 80.2 cm³/mol. The fourth-order valence-corrected chi connectivity index (χ4v) is 2.27. The lowest BCUT2D eigenvalue weighted by molar-refractivity contribution is -0.120. The number of fused-ring (bicyclic) bond motifs is 1. The maximum Gasteiger partial charge on any atom is 0.149 e. The number of carbonyl (C=O) groups excluding carboxylic acids is 1. The minimum Gasteiger partial charge on any atom is -0.321 e. The van der Waals surface area contributed by atoms with Crippen LogP contribution in [0.15, 0.2) is 42.5 Å². The maximum atomic E-state index is 11.8. The van der Waals surface area contributed by atoms with Crippen molar-refractivity contribution in [3.63, 3.8) is 0 Å². The number of hydrogen-bond acceptors (Lipinski definition) is 2. The number of Topliss-reactive ketones (excluding diaryl/α,β-unsaturated/α-hetero) is 1. The molecule has 100 valence electrons. The molecule has 1 atom stereocenters. The van der Waals surface area contributed by atoms with E-state index in [0.717, 1.165) is 18.4 Å². The third-order valence-corrected chi connectivity index (χ3v) is 3.46. The predicted octanol–water partition coefficient (Wildman–Crippen LogP) is 3.47. The fraction of sp³-hybridized carbons (Fsp3) is 0.353. The molecule has 0 amide bonds. The molecule has 2 heteroatoms. The lowest BCUT2D eigenvalue weighted by Gasteiger charge is -2.11. The topological polar surface area (TPSA) is 43.1 Å². The third kappa shape index (κ3) is 3.65. The summed E-state index contributed by atoms with van der Waals surface area (Å²) >= 11 is 0. The van der Waals surface area contributed by atoms with E-state index in [1.165, 1.54) is 10.8 Å². The largest absolute Gasteiger partial charge is 0.321 e. The summed E-state index contributed by atoms with van der Waals surface area (Å²) in [7, 11) is 0. The Kier molecular flexibility index (Phi) is 4.69.